The van der Waals surface area contributed by atoms with Crippen molar-refractivity contribution in [2.24, 2.45) is 12.9 Å². The second kappa shape index (κ2) is 4.99. The van der Waals surface area contributed by atoms with E-state index < -0.39 is 11.1 Å². The Kier molecular flexibility index (Phi) is 3.15. The van der Waals surface area contributed by atoms with Crippen molar-refractivity contribution in [2.45, 2.75) is 10.2 Å². The number of hydrogen-bond donors (Lipinski definition) is 4. The van der Waals surface area contributed by atoms with Crippen LogP contribution in [0.3, 0.4) is 0 Å². The van der Waals surface area contributed by atoms with Crippen LogP contribution in [-0.2, 0) is 7.05 Å². The molecule has 3 rings (SSSR count). The van der Waals surface area contributed by atoms with Crippen molar-refractivity contribution in [3.05, 3.63) is 26.9 Å². The summed E-state index contributed by atoms with van der Waals surface area (Å²) in [6, 6.07) is 0. The van der Waals surface area contributed by atoms with Crippen LogP contribution in [0.25, 0.3) is 11.0 Å². The number of anilines is 1. The number of rotatable bonds is 3. The number of nitrogen functional groups attached to an aromatic ring is 1. The molecule has 3 heterocycles. The average molecular weight is 307 g/mol. The molecule has 11 nitrogen and oxygen atoms in total. The highest BCUT2D eigenvalue weighted by Gasteiger charge is 2.13. The highest BCUT2D eigenvalue weighted by atomic mass is 32.2. The van der Waals surface area contributed by atoms with Crippen molar-refractivity contribution in [1.29, 1.82) is 0 Å². The molecule has 0 spiro atoms. The van der Waals surface area contributed by atoms with Gasteiger partial charge in [0.1, 0.15) is 5.03 Å². The minimum Gasteiger partial charge on any atom is -0.292 e. The number of fused-ring (bicyclic) bond motifs is 1. The van der Waals surface area contributed by atoms with E-state index in [9.17, 15) is 9.59 Å². The molecule has 0 aliphatic rings. The third kappa shape index (κ3) is 2.36. The summed E-state index contributed by atoms with van der Waals surface area (Å²) in [5.41, 5.74) is 1.16. The summed E-state index contributed by atoms with van der Waals surface area (Å²) in [6.07, 6.45) is 1.54. The van der Waals surface area contributed by atoms with Gasteiger partial charge in [-0.25, -0.2) is 10.8 Å². The summed E-state index contributed by atoms with van der Waals surface area (Å²) < 4.78 is 1.33. The molecule has 3 aromatic heterocycles. The number of H-pyrrole nitrogens is 2. The average Bonchev–Trinajstić information content (AvgIpc) is 2.93. The molecule has 12 heteroatoms. The van der Waals surface area contributed by atoms with Gasteiger partial charge in [-0.05, 0) is 11.8 Å². The van der Waals surface area contributed by atoms with Gasteiger partial charge in [0.15, 0.2) is 10.8 Å². The van der Waals surface area contributed by atoms with Gasteiger partial charge in [0.05, 0.1) is 11.6 Å². The highest BCUT2D eigenvalue weighted by molar-refractivity contribution is 7.99. The second-order valence-electron chi connectivity index (χ2n) is 3.93. The standard InChI is InChI=1S/C9H9N9O2S/c1-18-9(13-5(19)6(20)17-18)21-7-3-2-11-16-4(3)12-8(14-7)15-10/h2H,10H2,1H3,(H,17,20)(H2,11,12,14,15,16). The minimum atomic E-state index is -0.870. The molecule has 5 N–H and O–H groups in total. The third-order valence-electron chi connectivity index (χ3n) is 2.54. The number of hydrogen-bond acceptors (Lipinski definition) is 9. The van der Waals surface area contributed by atoms with Crippen LogP contribution in [0.5, 0.6) is 0 Å². The largest absolute Gasteiger partial charge is 0.339 e. The summed E-state index contributed by atoms with van der Waals surface area (Å²) in [6.45, 7) is 0. The predicted molar refractivity (Wildman–Crippen MR) is 73.7 cm³/mol. The Morgan fingerprint density at radius 3 is 2.90 bits per heavy atom. The van der Waals surface area contributed by atoms with Crippen LogP contribution in [0.4, 0.5) is 5.95 Å². The van der Waals surface area contributed by atoms with Crippen LogP contribution in [-0.4, -0.2) is 34.9 Å². The third-order valence-corrected chi connectivity index (χ3v) is 3.59. The van der Waals surface area contributed by atoms with Gasteiger partial charge in [-0.1, -0.05) is 0 Å². The van der Waals surface area contributed by atoms with E-state index in [2.05, 4.69) is 35.7 Å². The SMILES string of the molecule is Cn1[nH]c(=O)c(=O)nc1Sc1nc(NN)nc2[nH]ncc12. The van der Waals surface area contributed by atoms with Gasteiger partial charge in [-0.15, -0.1) is 0 Å². The maximum atomic E-state index is 11.4. The number of nitrogens with zero attached hydrogens (tertiary/aromatic N) is 5. The number of nitrogens with two attached hydrogens (primary N) is 1. The number of nitrogens with one attached hydrogen (secondary N) is 3. The normalized spacial score (nSPS) is 11.0. The van der Waals surface area contributed by atoms with Crippen molar-refractivity contribution in [2.75, 3.05) is 5.43 Å². The molecule has 0 aromatic carbocycles. The van der Waals surface area contributed by atoms with E-state index in [0.29, 0.717) is 16.1 Å². The van der Waals surface area contributed by atoms with Gasteiger partial charge in [0, 0.05) is 7.05 Å². The van der Waals surface area contributed by atoms with E-state index in [1.165, 1.54) is 4.68 Å². The maximum absolute atomic E-state index is 11.4. The Hall–Kier alpha value is -2.73. The molecule has 0 radical (unpaired) electrons. The molecule has 0 atom stereocenters. The van der Waals surface area contributed by atoms with E-state index >= 15 is 0 Å². The molecular formula is C9H9N9O2S. The van der Waals surface area contributed by atoms with Crippen molar-refractivity contribution in [3.63, 3.8) is 0 Å². The van der Waals surface area contributed by atoms with E-state index in [4.69, 9.17) is 5.84 Å². The zero-order valence-electron chi connectivity index (χ0n) is 10.6. The lowest BCUT2D eigenvalue weighted by Gasteiger charge is -2.07. The van der Waals surface area contributed by atoms with Gasteiger partial charge >= 0.3 is 11.1 Å². The van der Waals surface area contributed by atoms with E-state index in [1.54, 1.807) is 13.2 Å². The molecule has 108 valence electrons. The first-order valence-electron chi connectivity index (χ1n) is 5.61. The van der Waals surface area contributed by atoms with Gasteiger partial charge in [-0.2, -0.15) is 15.1 Å². The van der Waals surface area contributed by atoms with Crippen molar-refractivity contribution >= 4 is 28.7 Å². The summed E-state index contributed by atoms with van der Waals surface area (Å²) in [7, 11) is 1.56. The molecule has 0 amide bonds. The quantitative estimate of drug-likeness (QED) is 0.197. The fraction of sp³-hybridized carbons (Fsp3) is 0.111. The first-order chi connectivity index (χ1) is 10.1. The molecule has 0 saturated carbocycles. The molecule has 0 bridgehead atoms. The van der Waals surface area contributed by atoms with Crippen molar-refractivity contribution in [3.8, 4) is 0 Å². The summed E-state index contributed by atoms with van der Waals surface area (Å²) in [4.78, 5) is 34.5. The van der Waals surface area contributed by atoms with E-state index in [-0.39, 0.29) is 11.1 Å². The zero-order valence-corrected chi connectivity index (χ0v) is 11.4. The Morgan fingerprint density at radius 1 is 1.33 bits per heavy atom. The number of hydrazine groups is 1. The Bertz CT molecular complexity index is 927. The summed E-state index contributed by atoms with van der Waals surface area (Å²) in [5.74, 6) is 5.49. The van der Waals surface area contributed by atoms with Crippen LogP contribution >= 0.6 is 11.8 Å². The minimum absolute atomic E-state index is 0.184. The number of aryl methyl sites for hydroxylation is 1. The Labute approximate surface area is 120 Å². The molecule has 0 unspecified atom stereocenters. The predicted octanol–water partition coefficient (Wildman–Crippen LogP) is -1.43. The smallest absolute Gasteiger partial charge is 0.292 e. The zero-order chi connectivity index (χ0) is 15.0. The van der Waals surface area contributed by atoms with Crippen LogP contribution < -0.4 is 22.4 Å². The highest BCUT2D eigenvalue weighted by Crippen LogP contribution is 2.29. The lowest BCUT2D eigenvalue weighted by molar-refractivity contribution is 0.596. The van der Waals surface area contributed by atoms with Gasteiger partial charge in [0.2, 0.25) is 5.95 Å². The van der Waals surface area contributed by atoms with Crippen LogP contribution in [0.15, 0.2) is 26.0 Å². The first kappa shape index (κ1) is 13.3. The van der Waals surface area contributed by atoms with Crippen LogP contribution in [0.1, 0.15) is 0 Å². The molecule has 0 saturated heterocycles. The topological polar surface area (TPSA) is 160 Å². The summed E-state index contributed by atoms with van der Waals surface area (Å²) >= 11 is 1.08. The van der Waals surface area contributed by atoms with Crippen LogP contribution in [0, 0.1) is 0 Å². The monoisotopic (exact) mass is 307 g/mol. The number of aromatic nitrogens is 7. The summed E-state index contributed by atoms with van der Waals surface area (Å²) in [5, 5.41) is 10.3. The van der Waals surface area contributed by atoms with Gasteiger partial charge < -0.3 is 0 Å². The number of aromatic amines is 2. The molecular weight excluding hydrogens is 298 g/mol. The first-order valence-corrected chi connectivity index (χ1v) is 6.43. The van der Waals surface area contributed by atoms with Crippen LogP contribution in [0.2, 0.25) is 0 Å². The fourth-order valence-electron chi connectivity index (χ4n) is 1.59. The van der Waals surface area contributed by atoms with Crippen molar-refractivity contribution < 1.29 is 0 Å². The molecule has 3 aromatic rings. The van der Waals surface area contributed by atoms with Gasteiger partial charge in [-0.3, -0.25) is 29.9 Å². The lowest BCUT2D eigenvalue weighted by atomic mass is 10.4. The molecule has 0 aliphatic heterocycles. The Morgan fingerprint density at radius 2 is 2.14 bits per heavy atom. The molecule has 21 heavy (non-hydrogen) atoms. The van der Waals surface area contributed by atoms with E-state index in [0.717, 1.165) is 11.8 Å². The van der Waals surface area contributed by atoms with E-state index in [1.807, 2.05) is 0 Å². The molecule has 0 fully saturated rings. The lowest BCUT2D eigenvalue weighted by Crippen LogP contribution is -2.33. The molecule has 0 aliphatic carbocycles. The fourth-order valence-corrected chi connectivity index (χ4v) is 2.46. The van der Waals surface area contributed by atoms with Crippen molar-refractivity contribution in [1.82, 2.24) is 34.9 Å². The Balaban J connectivity index is 2.13. The van der Waals surface area contributed by atoms with Gasteiger partial charge in [0.25, 0.3) is 0 Å². The second-order valence-corrected chi connectivity index (χ2v) is 4.89. The maximum Gasteiger partial charge on any atom is 0.339 e.